The molecule has 0 saturated carbocycles. The molecule has 136 valence electrons. The number of rotatable bonds is 6. The maximum absolute atomic E-state index is 12.0. The average Bonchev–Trinajstić information content (AvgIpc) is 2.58. The van der Waals surface area contributed by atoms with Crippen LogP contribution in [0.1, 0.15) is 40.7 Å². The van der Waals surface area contributed by atoms with Crippen molar-refractivity contribution in [3.05, 3.63) is 64.2 Å². The molecule has 2 N–H and O–H groups in total. The zero-order valence-corrected chi connectivity index (χ0v) is 15.7. The van der Waals surface area contributed by atoms with Gasteiger partial charge in [-0.3, -0.25) is 9.59 Å². The predicted octanol–water partition coefficient (Wildman–Crippen LogP) is 3.79. The molecule has 0 aliphatic heterocycles. The Bertz CT molecular complexity index is 841. The number of hydrogen-bond acceptors (Lipinski definition) is 3. The highest BCUT2D eigenvalue weighted by Gasteiger charge is 2.07. The molecule has 0 saturated heterocycles. The van der Waals surface area contributed by atoms with Gasteiger partial charge in [0.15, 0.2) is 0 Å². The molecule has 0 atom stereocenters. The third-order valence-corrected chi connectivity index (χ3v) is 4.19. The summed E-state index contributed by atoms with van der Waals surface area (Å²) in [5.74, 6) is -0.483. The van der Waals surface area contributed by atoms with Crippen molar-refractivity contribution in [2.75, 3.05) is 5.32 Å². The van der Waals surface area contributed by atoms with E-state index in [1.54, 1.807) is 6.21 Å². The van der Waals surface area contributed by atoms with Crippen LogP contribution in [0, 0.1) is 27.7 Å². The summed E-state index contributed by atoms with van der Waals surface area (Å²) in [6, 6.07) is 11.7. The Labute approximate surface area is 154 Å². The standard InChI is InChI=1S/C21H25N3O2/c1-14-5-7-18(17(4)11-14)13-22-24-21(26)10-9-20(25)23-19-8-6-15(2)16(3)12-19/h5-8,11-13H,9-10H2,1-4H3,(H,23,25)(H,24,26). The first-order valence-corrected chi connectivity index (χ1v) is 8.61. The van der Waals surface area contributed by atoms with Crippen molar-refractivity contribution in [2.24, 2.45) is 5.10 Å². The highest BCUT2D eigenvalue weighted by Crippen LogP contribution is 2.14. The topological polar surface area (TPSA) is 70.6 Å². The molecule has 26 heavy (non-hydrogen) atoms. The largest absolute Gasteiger partial charge is 0.326 e. The Morgan fingerprint density at radius 2 is 1.62 bits per heavy atom. The molecule has 5 heteroatoms. The molecule has 0 heterocycles. The van der Waals surface area contributed by atoms with Gasteiger partial charge in [0, 0.05) is 18.5 Å². The molecule has 0 radical (unpaired) electrons. The average molecular weight is 351 g/mol. The number of aryl methyl sites for hydroxylation is 4. The van der Waals surface area contributed by atoms with Gasteiger partial charge < -0.3 is 5.32 Å². The lowest BCUT2D eigenvalue weighted by Crippen LogP contribution is -2.20. The van der Waals surface area contributed by atoms with Crippen LogP contribution in [0.25, 0.3) is 0 Å². The summed E-state index contributed by atoms with van der Waals surface area (Å²) in [7, 11) is 0. The molecule has 0 bridgehead atoms. The van der Waals surface area contributed by atoms with Gasteiger partial charge in [-0.15, -0.1) is 0 Å². The Morgan fingerprint density at radius 1 is 0.885 bits per heavy atom. The highest BCUT2D eigenvalue weighted by molar-refractivity contribution is 5.93. The SMILES string of the molecule is Cc1ccc(C=NNC(=O)CCC(=O)Nc2ccc(C)c(C)c2)c(C)c1. The number of anilines is 1. The van der Waals surface area contributed by atoms with E-state index in [0.29, 0.717) is 0 Å². The maximum Gasteiger partial charge on any atom is 0.240 e. The molecule has 0 fully saturated rings. The van der Waals surface area contributed by atoms with Crippen LogP contribution in [-0.4, -0.2) is 18.0 Å². The Hall–Kier alpha value is -2.95. The lowest BCUT2D eigenvalue weighted by atomic mass is 10.1. The highest BCUT2D eigenvalue weighted by atomic mass is 16.2. The van der Waals surface area contributed by atoms with Crippen LogP contribution in [0.5, 0.6) is 0 Å². The van der Waals surface area contributed by atoms with Gasteiger partial charge >= 0.3 is 0 Å². The van der Waals surface area contributed by atoms with Crippen LogP contribution in [0.4, 0.5) is 5.69 Å². The fraction of sp³-hybridized carbons (Fsp3) is 0.286. The summed E-state index contributed by atoms with van der Waals surface area (Å²) in [6.45, 7) is 8.03. The van der Waals surface area contributed by atoms with Gasteiger partial charge in [0.25, 0.3) is 0 Å². The van der Waals surface area contributed by atoms with E-state index in [2.05, 4.69) is 21.9 Å². The number of carbonyl (C=O) groups is 2. The van der Waals surface area contributed by atoms with Gasteiger partial charge in [-0.05, 0) is 62.1 Å². The normalized spacial score (nSPS) is 10.8. The zero-order chi connectivity index (χ0) is 19.1. The minimum Gasteiger partial charge on any atom is -0.326 e. The lowest BCUT2D eigenvalue weighted by molar-refractivity contribution is -0.124. The van der Waals surface area contributed by atoms with Crippen LogP contribution in [0.15, 0.2) is 41.5 Å². The van der Waals surface area contributed by atoms with Crippen LogP contribution >= 0.6 is 0 Å². The number of carbonyl (C=O) groups excluding carboxylic acids is 2. The maximum atomic E-state index is 12.0. The summed E-state index contributed by atoms with van der Waals surface area (Å²) >= 11 is 0. The molecule has 0 aromatic heterocycles. The van der Waals surface area contributed by atoms with Gasteiger partial charge in [-0.25, -0.2) is 5.43 Å². The third-order valence-electron chi connectivity index (χ3n) is 4.19. The fourth-order valence-electron chi connectivity index (χ4n) is 2.47. The summed E-state index contributed by atoms with van der Waals surface area (Å²) in [4.78, 5) is 23.8. The predicted molar refractivity (Wildman–Crippen MR) is 105 cm³/mol. The summed E-state index contributed by atoms with van der Waals surface area (Å²) in [6.07, 6.45) is 1.81. The number of nitrogens with zero attached hydrogens (tertiary/aromatic N) is 1. The second-order valence-corrected chi connectivity index (χ2v) is 6.50. The van der Waals surface area contributed by atoms with E-state index in [1.807, 2.05) is 58.0 Å². The van der Waals surface area contributed by atoms with E-state index in [-0.39, 0.29) is 24.7 Å². The molecular formula is C21H25N3O2. The van der Waals surface area contributed by atoms with Crippen LogP contribution in [0.3, 0.4) is 0 Å². The van der Waals surface area contributed by atoms with E-state index >= 15 is 0 Å². The Morgan fingerprint density at radius 3 is 2.31 bits per heavy atom. The summed E-state index contributed by atoms with van der Waals surface area (Å²) in [5.41, 5.74) is 8.70. The first kappa shape index (κ1) is 19.4. The van der Waals surface area contributed by atoms with E-state index < -0.39 is 0 Å². The van der Waals surface area contributed by atoms with Crippen LogP contribution < -0.4 is 10.7 Å². The van der Waals surface area contributed by atoms with E-state index in [0.717, 1.165) is 22.4 Å². The Balaban J connectivity index is 1.78. The molecule has 2 amide bonds. The van der Waals surface area contributed by atoms with Gasteiger partial charge in [-0.1, -0.05) is 29.8 Å². The van der Waals surface area contributed by atoms with Crippen molar-refractivity contribution in [3.8, 4) is 0 Å². The fourth-order valence-corrected chi connectivity index (χ4v) is 2.47. The van der Waals surface area contributed by atoms with Crippen molar-refractivity contribution >= 4 is 23.7 Å². The van der Waals surface area contributed by atoms with Crippen molar-refractivity contribution in [1.82, 2.24) is 5.43 Å². The Kier molecular flexibility index (Phi) is 6.67. The first-order valence-electron chi connectivity index (χ1n) is 8.61. The van der Waals surface area contributed by atoms with Crippen LogP contribution in [-0.2, 0) is 9.59 Å². The van der Waals surface area contributed by atoms with Crippen molar-refractivity contribution in [1.29, 1.82) is 0 Å². The first-order chi connectivity index (χ1) is 12.3. The lowest BCUT2D eigenvalue weighted by Gasteiger charge is -2.07. The second-order valence-electron chi connectivity index (χ2n) is 6.50. The quantitative estimate of drug-likeness (QED) is 0.614. The molecule has 2 aromatic carbocycles. The number of hydrazone groups is 1. The monoisotopic (exact) mass is 351 g/mol. The van der Waals surface area contributed by atoms with E-state index in [9.17, 15) is 9.59 Å². The van der Waals surface area contributed by atoms with Crippen LogP contribution in [0.2, 0.25) is 0 Å². The van der Waals surface area contributed by atoms with Gasteiger partial charge in [-0.2, -0.15) is 5.10 Å². The van der Waals surface area contributed by atoms with Crippen molar-refractivity contribution < 1.29 is 9.59 Å². The van der Waals surface area contributed by atoms with E-state index in [1.165, 1.54) is 11.1 Å². The molecule has 2 rings (SSSR count). The molecule has 0 aliphatic rings. The molecule has 0 unspecified atom stereocenters. The summed E-state index contributed by atoms with van der Waals surface area (Å²) in [5, 5.41) is 6.76. The van der Waals surface area contributed by atoms with Gasteiger partial charge in [0.05, 0.1) is 6.21 Å². The van der Waals surface area contributed by atoms with Crippen molar-refractivity contribution in [2.45, 2.75) is 40.5 Å². The molecule has 2 aromatic rings. The van der Waals surface area contributed by atoms with E-state index in [4.69, 9.17) is 0 Å². The molecular weight excluding hydrogens is 326 g/mol. The van der Waals surface area contributed by atoms with Gasteiger partial charge in [0.2, 0.25) is 11.8 Å². The summed E-state index contributed by atoms with van der Waals surface area (Å²) < 4.78 is 0. The zero-order valence-electron chi connectivity index (χ0n) is 15.7. The van der Waals surface area contributed by atoms with Gasteiger partial charge in [0.1, 0.15) is 0 Å². The second kappa shape index (κ2) is 8.94. The molecule has 0 spiro atoms. The minimum absolute atomic E-state index is 0.0842. The smallest absolute Gasteiger partial charge is 0.240 e. The third kappa shape index (κ3) is 5.84. The minimum atomic E-state index is -0.291. The number of amides is 2. The number of hydrogen-bond donors (Lipinski definition) is 2. The van der Waals surface area contributed by atoms with Crippen molar-refractivity contribution in [3.63, 3.8) is 0 Å². The molecule has 5 nitrogen and oxygen atoms in total. The number of nitrogens with one attached hydrogen (secondary N) is 2. The molecule has 0 aliphatic carbocycles. The number of benzene rings is 2.